The fourth-order valence-corrected chi connectivity index (χ4v) is 1.91. The van der Waals surface area contributed by atoms with Crippen LogP contribution < -0.4 is 5.32 Å². The van der Waals surface area contributed by atoms with Crippen LogP contribution in [-0.4, -0.2) is 25.0 Å². The van der Waals surface area contributed by atoms with Crippen molar-refractivity contribution in [2.45, 2.75) is 26.2 Å². The van der Waals surface area contributed by atoms with Crippen molar-refractivity contribution < 1.29 is 14.3 Å². The highest BCUT2D eigenvalue weighted by molar-refractivity contribution is 6.42. The number of carbonyl (C=O) groups excluding carboxylic acids is 2. The normalized spacial score (nSPS) is 10.2. The van der Waals surface area contributed by atoms with E-state index in [1.807, 2.05) is 0 Å². The first-order chi connectivity index (χ1) is 9.52. The number of carbonyl (C=O) groups is 2. The third kappa shape index (κ3) is 6.26. The topological polar surface area (TPSA) is 55.4 Å². The number of hydrogen-bond donors (Lipinski definition) is 1. The standard InChI is InChI=1S/C14H17Cl2NO3/c1-2-20-14(19)4-3-7-17-13(18)9-10-5-6-11(15)12(16)8-10/h5-6,8H,2-4,7,9H2,1H3,(H,17,18). The number of esters is 1. The van der Waals surface area contributed by atoms with Crippen LogP contribution in [0.15, 0.2) is 18.2 Å². The minimum Gasteiger partial charge on any atom is -0.466 e. The van der Waals surface area contributed by atoms with Gasteiger partial charge in [0.05, 0.1) is 23.1 Å². The van der Waals surface area contributed by atoms with Crippen LogP contribution in [0, 0.1) is 0 Å². The minimum absolute atomic E-state index is 0.118. The molecule has 1 aromatic rings. The van der Waals surface area contributed by atoms with E-state index in [0.717, 1.165) is 5.56 Å². The Morgan fingerprint density at radius 3 is 2.65 bits per heavy atom. The molecule has 1 aromatic carbocycles. The maximum atomic E-state index is 11.7. The summed E-state index contributed by atoms with van der Waals surface area (Å²) in [5, 5.41) is 3.63. The fourth-order valence-electron chi connectivity index (χ4n) is 1.59. The van der Waals surface area contributed by atoms with Gasteiger partial charge in [0.25, 0.3) is 0 Å². The summed E-state index contributed by atoms with van der Waals surface area (Å²) in [4.78, 5) is 22.8. The minimum atomic E-state index is -0.244. The third-order valence-electron chi connectivity index (χ3n) is 2.53. The first-order valence-electron chi connectivity index (χ1n) is 6.39. The van der Waals surface area contributed by atoms with Crippen molar-refractivity contribution in [3.05, 3.63) is 33.8 Å². The van der Waals surface area contributed by atoms with Crippen LogP contribution in [-0.2, 0) is 20.7 Å². The van der Waals surface area contributed by atoms with Crippen LogP contribution in [0.3, 0.4) is 0 Å². The number of nitrogens with one attached hydrogen (secondary N) is 1. The smallest absolute Gasteiger partial charge is 0.305 e. The van der Waals surface area contributed by atoms with E-state index >= 15 is 0 Å². The van der Waals surface area contributed by atoms with Crippen molar-refractivity contribution in [1.29, 1.82) is 0 Å². The summed E-state index contributed by atoms with van der Waals surface area (Å²) < 4.78 is 4.79. The second-order valence-corrected chi connectivity index (χ2v) is 5.00. The van der Waals surface area contributed by atoms with Crippen molar-refractivity contribution in [3.8, 4) is 0 Å². The Balaban J connectivity index is 2.26. The Morgan fingerprint density at radius 2 is 2.00 bits per heavy atom. The van der Waals surface area contributed by atoms with Gasteiger partial charge in [-0.15, -0.1) is 0 Å². The van der Waals surface area contributed by atoms with Gasteiger partial charge in [0.1, 0.15) is 0 Å². The van der Waals surface area contributed by atoms with Crippen molar-refractivity contribution in [1.82, 2.24) is 5.32 Å². The summed E-state index contributed by atoms with van der Waals surface area (Å²) in [6.45, 7) is 2.58. The lowest BCUT2D eigenvalue weighted by molar-refractivity contribution is -0.143. The van der Waals surface area contributed by atoms with Gasteiger partial charge in [-0.1, -0.05) is 29.3 Å². The van der Waals surface area contributed by atoms with Crippen LogP contribution in [0.2, 0.25) is 10.0 Å². The summed E-state index contributed by atoms with van der Waals surface area (Å²) in [5.74, 6) is -0.363. The van der Waals surface area contributed by atoms with Crippen molar-refractivity contribution in [3.63, 3.8) is 0 Å². The van der Waals surface area contributed by atoms with Gasteiger partial charge < -0.3 is 10.1 Å². The first kappa shape index (κ1) is 16.8. The molecule has 0 bridgehead atoms. The molecule has 0 spiro atoms. The molecule has 0 aliphatic heterocycles. The van der Waals surface area contributed by atoms with Gasteiger partial charge in [0, 0.05) is 13.0 Å². The molecule has 0 saturated heterocycles. The SMILES string of the molecule is CCOC(=O)CCCNC(=O)Cc1ccc(Cl)c(Cl)c1. The first-order valence-corrected chi connectivity index (χ1v) is 7.14. The molecule has 0 aliphatic rings. The van der Waals surface area contributed by atoms with Crippen LogP contribution in [0.25, 0.3) is 0 Å². The molecule has 0 unspecified atom stereocenters. The zero-order valence-corrected chi connectivity index (χ0v) is 12.8. The zero-order chi connectivity index (χ0) is 15.0. The molecular weight excluding hydrogens is 301 g/mol. The van der Waals surface area contributed by atoms with Crippen molar-refractivity contribution >= 4 is 35.1 Å². The average molecular weight is 318 g/mol. The molecule has 20 heavy (non-hydrogen) atoms. The molecule has 1 N–H and O–H groups in total. The molecular formula is C14H17Cl2NO3. The quantitative estimate of drug-likeness (QED) is 0.621. The van der Waals surface area contributed by atoms with E-state index in [9.17, 15) is 9.59 Å². The van der Waals surface area contributed by atoms with Gasteiger partial charge in [-0.3, -0.25) is 9.59 Å². The van der Waals surface area contributed by atoms with Crippen LogP contribution in [0.5, 0.6) is 0 Å². The summed E-state index contributed by atoms with van der Waals surface area (Å²) in [6, 6.07) is 5.09. The lowest BCUT2D eigenvalue weighted by Crippen LogP contribution is -2.26. The predicted molar refractivity (Wildman–Crippen MR) is 79.0 cm³/mol. The molecule has 0 radical (unpaired) electrons. The molecule has 0 fully saturated rings. The van der Waals surface area contributed by atoms with E-state index in [2.05, 4.69) is 5.32 Å². The number of hydrogen-bond acceptors (Lipinski definition) is 3. The van der Waals surface area contributed by atoms with E-state index in [0.29, 0.717) is 36.0 Å². The molecule has 0 saturated carbocycles. The van der Waals surface area contributed by atoms with Gasteiger partial charge in [0.15, 0.2) is 0 Å². The molecule has 1 amide bonds. The average Bonchev–Trinajstić information content (AvgIpc) is 2.39. The largest absolute Gasteiger partial charge is 0.466 e. The fraction of sp³-hybridized carbons (Fsp3) is 0.429. The number of benzene rings is 1. The highest BCUT2D eigenvalue weighted by Crippen LogP contribution is 2.22. The molecule has 4 nitrogen and oxygen atoms in total. The lowest BCUT2D eigenvalue weighted by Gasteiger charge is -2.06. The van der Waals surface area contributed by atoms with E-state index in [1.165, 1.54) is 0 Å². The van der Waals surface area contributed by atoms with E-state index in [1.54, 1.807) is 25.1 Å². The monoisotopic (exact) mass is 317 g/mol. The van der Waals surface area contributed by atoms with Gasteiger partial charge >= 0.3 is 5.97 Å². The van der Waals surface area contributed by atoms with E-state index in [-0.39, 0.29) is 18.3 Å². The second-order valence-electron chi connectivity index (χ2n) is 4.18. The third-order valence-corrected chi connectivity index (χ3v) is 3.27. The summed E-state index contributed by atoms with van der Waals surface area (Å²) in [5.41, 5.74) is 0.794. The lowest BCUT2D eigenvalue weighted by atomic mass is 10.1. The Bertz CT molecular complexity index is 477. The van der Waals surface area contributed by atoms with Crippen LogP contribution in [0.1, 0.15) is 25.3 Å². The Labute approximate surface area is 128 Å². The van der Waals surface area contributed by atoms with Gasteiger partial charge in [-0.2, -0.15) is 0 Å². The predicted octanol–water partition coefficient (Wildman–Crippen LogP) is 3.00. The van der Waals surface area contributed by atoms with Crippen LogP contribution in [0.4, 0.5) is 0 Å². The Hall–Kier alpha value is -1.26. The number of ether oxygens (including phenoxy) is 1. The maximum absolute atomic E-state index is 11.7. The van der Waals surface area contributed by atoms with E-state index in [4.69, 9.17) is 27.9 Å². The van der Waals surface area contributed by atoms with Gasteiger partial charge in [-0.25, -0.2) is 0 Å². The number of rotatable bonds is 7. The molecule has 1 rings (SSSR count). The molecule has 0 heterocycles. The second kappa shape index (κ2) is 8.82. The molecule has 6 heteroatoms. The van der Waals surface area contributed by atoms with Crippen molar-refractivity contribution in [2.75, 3.05) is 13.2 Å². The van der Waals surface area contributed by atoms with Gasteiger partial charge in [0.2, 0.25) is 5.91 Å². The van der Waals surface area contributed by atoms with E-state index < -0.39 is 0 Å². The molecule has 0 aromatic heterocycles. The molecule has 0 aliphatic carbocycles. The summed E-state index contributed by atoms with van der Waals surface area (Å²) in [7, 11) is 0. The Morgan fingerprint density at radius 1 is 1.25 bits per heavy atom. The molecule has 110 valence electrons. The van der Waals surface area contributed by atoms with Crippen molar-refractivity contribution in [2.24, 2.45) is 0 Å². The number of halogens is 2. The van der Waals surface area contributed by atoms with Crippen LogP contribution >= 0.6 is 23.2 Å². The Kier molecular flexibility index (Phi) is 7.41. The number of amides is 1. The maximum Gasteiger partial charge on any atom is 0.305 e. The molecule has 0 atom stereocenters. The highest BCUT2D eigenvalue weighted by atomic mass is 35.5. The van der Waals surface area contributed by atoms with Gasteiger partial charge in [-0.05, 0) is 31.0 Å². The summed E-state index contributed by atoms with van der Waals surface area (Å²) >= 11 is 11.7. The summed E-state index contributed by atoms with van der Waals surface area (Å²) in [6.07, 6.45) is 1.10. The highest BCUT2D eigenvalue weighted by Gasteiger charge is 2.06. The zero-order valence-electron chi connectivity index (χ0n) is 11.2.